The zero-order chi connectivity index (χ0) is 13.2. The number of aliphatic hydroxyl groups is 1. The fourth-order valence-electron chi connectivity index (χ4n) is 3.09. The maximum absolute atomic E-state index is 12.2. The number of amides is 1. The maximum Gasteiger partial charge on any atom is 0.222 e. The van der Waals surface area contributed by atoms with Crippen LogP contribution in [0.4, 0.5) is 0 Å². The number of carbonyl (C=O) groups excluding carboxylic acids is 1. The predicted molar refractivity (Wildman–Crippen MR) is 72.2 cm³/mol. The quantitative estimate of drug-likeness (QED) is 0.818. The monoisotopic (exact) mass is 253 g/mol. The predicted octanol–water partition coefficient (Wildman–Crippen LogP) is 2.58. The largest absolute Gasteiger partial charge is 0.391 e. The molecule has 0 aliphatic heterocycles. The molecule has 104 valence electrons. The van der Waals surface area contributed by atoms with Crippen LogP contribution in [0.3, 0.4) is 0 Å². The van der Waals surface area contributed by atoms with Crippen molar-refractivity contribution in [1.82, 2.24) is 4.90 Å². The second-order valence-electron chi connectivity index (χ2n) is 6.73. The summed E-state index contributed by atoms with van der Waals surface area (Å²) in [6.45, 7) is 2.76. The molecule has 2 rings (SSSR count). The molecule has 0 radical (unpaired) electrons. The molecule has 0 bridgehead atoms. The van der Waals surface area contributed by atoms with Gasteiger partial charge in [0.05, 0.1) is 6.10 Å². The van der Waals surface area contributed by atoms with E-state index in [1.165, 1.54) is 32.1 Å². The van der Waals surface area contributed by atoms with Crippen LogP contribution in [0, 0.1) is 11.3 Å². The van der Waals surface area contributed by atoms with Gasteiger partial charge in [-0.1, -0.05) is 26.2 Å². The third-order valence-electron chi connectivity index (χ3n) is 4.69. The van der Waals surface area contributed by atoms with E-state index >= 15 is 0 Å². The summed E-state index contributed by atoms with van der Waals surface area (Å²) in [5.41, 5.74) is 0.203. The molecular weight excluding hydrogens is 226 g/mol. The molecule has 0 aromatic heterocycles. The van der Waals surface area contributed by atoms with Crippen LogP contribution in [-0.2, 0) is 4.79 Å². The van der Waals surface area contributed by atoms with Crippen molar-refractivity contribution in [2.45, 2.75) is 64.4 Å². The van der Waals surface area contributed by atoms with E-state index in [-0.39, 0.29) is 17.4 Å². The Morgan fingerprint density at radius 2 is 1.94 bits per heavy atom. The summed E-state index contributed by atoms with van der Waals surface area (Å²) in [5, 5.41) is 9.88. The summed E-state index contributed by atoms with van der Waals surface area (Å²) in [6.07, 6.45) is 8.80. The molecule has 0 aromatic carbocycles. The van der Waals surface area contributed by atoms with Gasteiger partial charge >= 0.3 is 0 Å². The SMILES string of the molecule is CN(CC(O)C1CC1)C(=O)CC1(C)CCCCC1. The first-order valence-corrected chi connectivity index (χ1v) is 7.42. The highest BCUT2D eigenvalue weighted by molar-refractivity contribution is 5.76. The third-order valence-corrected chi connectivity index (χ3v) is 4.69. The van der Waals surface area contributed by atoms with E-state index in [4.69, 9.17) is 0 Å². The minimum Gasteiger partial charge on any atom is -0.391 e. The van der Waals surface area contributed by atoms with Gasteiger partial charge in [-0.15, -0.1) is 0 Å². The number of rotatable bonds is 5. The number of nitrogens with zero attached hydrogens (tertiary/aromatic N) is 1. The van der Waals surface area contributed by atoms with Gasteiger partial charge in [0.2, 0.25) is 5.91 Å². The molecule has 1 N–H and O–H groups in total. The summed E-state index contributed by atoms with van der Waals surface area (Å²) in [7, 11) is 1.83. The van der Waals surface area contributed by atoms with Crippen LogP contribution in [-0.4, -0.2) is 35.6 Å². The molecule has 0 aromatic rings. The lowest BCUT2D eigenvalue weighted by molar-refractivity contribution is -0.134. The molecule has 1 unspecified atom stereocenters. The fourth-order valence-corrected chi connectivity index (χ4v) is 3.09. The standard InChI is InChI=1S/C15H27NO2/c1-15(8-4-3-5-9-15)10-14(18)16(2)11-13(17)12-6-7-12/h12-13,17H,3-11H2,1-2H3. The van der Waals surface area contributed by atoms with Gasteiger partial charge in [-0.2, -0.15) is 0 Å². The van der Waals surface area contributed by atoms with Gasteiger partial charge in [-0.05, 0) is 37.0 Å². The average molecular weight is 253 g/mol. The molecule has 2 fully saturated rings. The van der Waals surface area contributed by atoms with Gasteiger partial charge in [0.1, 0.15) is 0 Å². The van der Waals surface area contributed by atoms with Crippen molar-refractivity contribution in [3.05, 3.63) is 0 Å². The fraction of sp³-hybridized carbons (Fsp3) is 0.933. The van der Waals surface area contributed by atoms with Crippen LogP contribution in [0.15, 0.2) is 0 Å². The summed E-state index contributed by atoms with van der Waals surface area (Å²) in [4.78, 5) is 13.9. The van der Waals surface area contributed by atoms with E-state index in [1.807, 2.05) is 7.05 Å². The first kappa shape index (κ1) is 13.9. The van der Waals surface area contributed by atoms with E-state index in [9.17, 15) is 9.90 Å². The first-order chi connectivity index (χ1) is 8.50. The van der Waals surface area contributed by atoms with Crippen molar-refractivity contribution in [1.29, 1.82) is 0 Å². The molecule has 2 aliphatic rings. The highest BCUT2D eigenvalue weighted by Gasteiger charge is 2.33. The van der Waals surface area contributed by atoms with Crippen molar-refractivity contribution >= 4 is 5.91 Å². The van der Waals surface area contributed by atoms with E-state index < -0.39 is 0 Å². The molecule has 2 aliphatic carbocycles. The number of carbonyl (C=O) groups is 1. The Morgan fingerprint density at radius 3 is 2.50 bits per heavy atom. The van der Waals surface area contributed by atoms with E-state index in [2.05, 4.69) is 6.92 Å². The van der Waals surface area contributed by atoms with Crippen LogP contribution in [0.5, 0.6) is 0 Å². The van der Waals surface area contributed by atoms with Crippen molar-refractivity contribution < 1.29 is 9.90 Å². The van der Waals surface area contributed by atoms with Crippen molar-refractivity contribution in [3.63, 3.8) is 0 Å². The number of aliphatic hydroxyl groups excluding tert-OH is 1. The summed E-state index contributed by atoms with van der Waals surface area (Å²) < 4.78 is 0. The lowest BCUT2D eigenvalue weighted by atomic mass is 9.73. The molecule has 1 atom stereocenters. The van der Waals surface area contributed by atoms with Gasteiger partial charge in [-0.25, -0.2) is 0 Å². The van der Waals surface area contributed by atoms with Crippen molar-refractivity contribution in [2.24, 2.45) is 11.3 Å². The van der Waals surface area contributed by atoms with Gasteiger partial charge < -0.3 is 10.0 Å². The Hall–Kier alpha value is -0.570. The molecule has 0 spiro atoms. The summed E-state index contributed by atoms with van der Waals surface area (Å²) >= 11 is 0. The topological polar surface area (TPSA) is 40.5 Å². The Morgan fingerprint density at radius 1 is 1.33 bits per heavy atom. The average Bonchev–Trinajstić information content (AvgIpc) is 3.12. The molecular formula is C15H27NO2. The minimum atomic E-state index is -0.307. The zero-order valence-corrected chi connectivity index (χ0v) is 11.8. The lowest BCUT2D eigenvalue weighted by Gasteiger charge is -2.34. The molecule has 0 saturated heterocycles. The van der Waals surface area contributed by atoms with Crippen molar-refractivity contribution in [3.8, 4) is 0 Å². The summed E-state index contributed by atoms with van der Waals surface area (Å²) in [5.74, 6) is 0.657. The van der Waals surface area contributed by atoms with Gasteiger partial charge in [0.15, 0.2) is 0 Å². The van der Waals surface area contributed by atoms with E-state index in [1.54, 1.807) is 4.90 Å². The summed E-state index contributed by atoms with van der Waals surface area (Å²) in [6, 6.07) is 0. The molecule has 1 amide bonds. The highest BCUT2D eigenvalue weighted by atomic mass is 16.3. The van der Waals surface area contributed by atoms with Crippen molar-refractivity contribution in [2.75, 3.05) is 13.6 Å². The van der Waals surface area contributed by atoms with Gasteiger partial charge in [0.25, 0.3) is 0 Å². The Kier molecular flexibility index (Phi) is 4.31. The number of hydrogen-bond donors (Lipinski definition) is 1. The Balaban J connectivity index is 1.78. The first-order valence-electron chi connectivity index (χ1n) is 7.42. The van der Waals surface area contributed by atoms with Gasteiger partial charge in [0, 0.05) is 20.0 Å². The Labute approximate surface area is 111 Å². The molecule has 18 heavy (non-hydrogen) atoms. The van der Waals surface area contributed by atoms with Gasteiger partial charge in [-0.3, -0.25) is 4.79 Å². The minimum absolute atomic E-state index is 0.203. The number of hydrogen-bond acceptors (Lipinski definition) is 2. The van der Waals surface area contributed by atoms with Crippen LogP contribution >= 0.6 is 0 Å². The molecule has 2 saturated carbocycles. The molecule has 3 heteroatoms. The molecule has 3 nitrogen and oxygen atoms in total. The van der Waals surface area contributed by atoms with Crippen LogP contribution in [0.25, 0.3) is 0 Å². The van der Waals surface area contributed by atoms with Crippen LogP contribution in [0.1, 0.15) is 58.3 Å². The smallest absolute Gasteiger partial charge is 0.222 e. The third kappa shape index (κ3) is 3.71. The highest BCUT2D eigenvalue weighted by Crippen LogP contribution is 2.39. The van der Waals surface area contributed by atoms with Crippen LogP contribution < -0.4 is 0 Å². The zero-order valence-electron chi connectivity index (χ0n) is 11.8. The van der Waals surface area contributed by atoms with E-state index in [0.29, 0.717) is 18.9 Å². The maximum atomic E-state index is 12.2. The normalized spacial score (nSPS) is 24.6. The number of likely N-dealkylation sites (N-methyl/N-ethyl adjacent to an activating group) is 1. The second kappa shape index (κ2) is 5.60. The molecule has 0 heterocycles. The van der Waals surface area contributed by atoms with Crippen LogP contribution in [0.2, 0.25) is 0 Å². The lowest BCUT2D eigenvalue weighted by Crippen LogP contribution is -2.38. The van der Waals surface area contributed by atoms with E-state index in [0.717, 1.165) is 12.8 Å². The Bertz CT molecular complexity index is 293. The second-order valence-corrected chi connectivity index (χ2v) is 6.73.